The SMILES string of the molecule is CC(C)Cc1c2cc(N)ccc2nn1C. The van der Waals surface area contributed by atoms with Gasteiger partial charge in [0, 0.05) is 23.8 Å². The zero-order valence-corrected chi connectivity index (χ0v) is 9.49. The highest BCUT2D eigenvalue weighted by atomic mass is 15.3. The summed E-state index contributed by atoms with van der Waals surface area (Å²) >= 11 is 0. The molecule has 0 aliphatic heterocycles. The molecule has 1 aromatic carbocycles. The molecule has 2 aromatic rings. The normalized spacial score (nSPS) is 11.5. The average molecular weight is 203 g/mol. The van der Waals surface area contributed by atoms with E-state index in [1.165, 1.54) is 11.1 Å². The predicted molar refractivity (Wildman–Crippen MR) is 63.7 cm³/mol. The third-order valence-corrected chi connectivity index (χ3v) is 2.58. The van der Waals surface area contributed by atoms with Crippen LogP contribution in [0.3, 0.4) is 0 Å². The summed E-state index contributed by atoms with van der Waals surface area (Å²) in [5.41, 5.74) is 8.90. The van der Waals surface area contributed by atoms with E-state index in [2.05, 4.69) is 18.9 Å². The number of nitrogen functional groups attached to an aromatic ring is 1. The van der Waals surface area contributed by atoms with Gasteiger partial charge < -0.3 is 5.73 Å². The molecule has 0 radical (unpaired) electrons. The fourth-order valence-electron chi connectivity index (χ4n) is 1.90. The van der Waals surface area contributed by atoms with Gasteiger partial charge in [-0.3, -0.25) is 4.68 Å². The Hall–Kier alpha value is -1.51. The zero-order valence-electron chi connectivity index (χ0n) is 9.49. The molecule has 3 nitrogen and oxygen atoms in total. The molecule has 0 fully saturated rings. The number of rotatable bonds is 2. The molecular formula is C12H17N3. The van der Waals surface area contributed by atoms with Crippen molar-refractivity contribution in [1.82, 2.24) is 9.78 Å². The lowest BCUT2D eigenvalue weighted by Gasteiger charge is -2.05. The average Bonchev–Trinajstić information content (AvgIpc) is 2.43. The van der Waals surface area contributed by atoms with E-state index in [9.17, 15) is 0 Å². The van der Waals surface area contributed by atoms with E-state index < -0.39 is 0 Å². The smallest absolute Gasteiger partial charge is 0.0927 e. The summed E-state index contributed by atoms with van der Waals surface area (Å²) in [6.07, 6.45) is 1.04. The van der Waals surface area contributed by atoms with Gasteiger partial charge in [0.05, 0.1) is 5.52 Å². The van der Waals surface area contributed by atoms with E-state index in [-0.39, 0.29) is 0 Å². The predicted octanol–water partition coefficient (Wildman–Crippen LogP) is 2.35. The molecular weight excluding hydrogens is 186 g/mol. The lowest BCUT2D eigenvalue weighted by atomic mass is 10.0. The highest BCUT2D eigenvalue weighted by Gasteiger charge is 2.10. The summed E-state index contributed by atoms with van der Waals surface area (Å²) in [7, 11) is 1.99. The van der Waals surface area contributed by atoms with E-state index in [1.54, 1.807) is 0 Å². The molecule has 0 atom stereocenters. The molecule has 15 heavy (non-hydrogen) atoms. The van der Waals surface area contributed by atoms with Crippen molar-refractivity contribution in [2.45, 2.75) is 20.3 Å². The molecule has 3 heteroatoms. The third kappa shape index (κ3) is 1.82. The van der Waals surface area contributed by atoms with Crippen LogP contribution in [0.15, 0.2) is 18.2 Å². The minimum atomic E-state index is 0.630. The van der Waals surface area contributed by atoms with Crippen molar-refractivity contribution in [1.29, 1.82) is 0 Å². The maximum absolute atomic E-state index is 5.80. The molecule has 2 rings (SSSR count). The number of nitrogens with two attached hydrogens (primary N) is 1. The van der Waals surface area contributed by atoms with Crippen molar-refractivity contribution in [3.63, 3.8) is 0 Å². The second-order valence-electron chi connectivity index (χ2n) is 4.44. The molecule has 0 spiro atoms. The summed E-state index contributed by atoms with van der Waals surface area (Å²) < 4.78 is 1.96. The Bertz CT molecular complexity index is 483. The summed E-state index contributed by atoms with van der Waals surface area (Å²) in [6.45, 7) is 4.43. The van der Waals surface area contributed by atoms with Crippen LogP contribution in [-0.2, 0) is 13.5 Å². The van der Waals surface area contributed by atoms with Crippen LogP contribution < -0.4 is 5.73 Å². The number of hydrogen-bond donors (Lipinski definition) is 1. The van der Waals surface area contributed by atoms with Crippen molar-refractivity contribution < 1.29 is 0 Å². The Labute approximate surface area is 89.9 Å². The van der Waals surface area contributed by atoms with Crippen LogP contribution in [0.5, 0.6) is 0 Å². The van der Waals surface area contributed by atoms with Gasteiger partial charge in [-0.1, -0.05) is 13.8 Å². The Kier molecular flexibility index (Phi) is 2.39. The van der Waals surface area contributed by atoms with E-state index >= 15 is 0 Å². The molecule has 0 amide bonds. The largest absolute Gasteiger partial charge is 0.399 e. The molecule has 0 aliphatic rings. The van der Waals surface area contributed by atoms with Gasteiger partial charge in [-0.25, -0.2) is 0 Å². The second-order valence-corrected chi connectivity index (χ2v) is 4.44. The van der Waals surface area contributed by atoms with Crippen LogP contribution >= 0.6 is 0 Å². The topological polar surface area (TPSA) is 43.8 Å². The van der Waals surface area contributed by atoms with Gasteiger partial charge >= 0.3 is 0 Å². The van der Waals surface area contributed by atoms with Crippen LogP contribution in [0, 0.1) is 5.92 Å². The van der Waals surface area contributed by atoms with Crippen LogP contribution in [0.2, 0.25) is 0 Å². The Morgan fingerprint density at radius 2 is 2.13 bits per heavy atom. The lowest BCUT2D eigenvalue weighted by Crippen LogP contribution is -2.02. The van der Waals surface area contributed by atoms with Gasteiger partial charge in [0.25, 0.3) is 0 Å². The molecule has 0 aliphatic carbocycles. The Morgan fingerprint density at radius 3 is 2.80 bits per heavy atom. The van der Waals surface area contributed by atoms with Crippen molar-refractivity contribution in [2.75, 3.05) is 5.73 Å². The number of nitrogens with zero attached hydrogens (tertiary/aromatic N) is 2. The molecule has 0 saturated heterocycles. The molecule has 0 unspecified atom stereocenters. The fraction of sp³-hybridized carbons (Fsp3) is 0.417. The highest BCUT2D eigenvalue weighted by Crippen LogP contribution is 2.22. The molecule has 1 heterocycles. The minimum absolute atomic E-state index is 0.630. The lowest BCUT2D eigenvalue weighted by molar-refractivity contribution is 0.599. The van der Waals surface area contributed by atoms with Crippen LogP contribution in [0.4, 0.5) is 5.69 Å². The van der Waals surface area contributed by atoms with E-state index in [0.29, 0.717) is 5.92 Å². The van der Waals surface area contributed by atoms with Gasteiger partial charge in [-0.2, -0.15) is 5.10 Å². The van der Waals surface area contributed by atoms with E-state index in [4.69, 9.17) is 5.73 Å². The molecule has 1 aromatic heterocycles. The second kappa shape index (κ2) is 3.57. The quantitative estimate of drug-likeness (QED) is 0.761. The first-order valence-electron chi connectivity index (χ1n) is 5.29. The van der Waals surface area contributed by atoms with Crippen molar-refractivity contribution in [3.8, 4) is 0 Å². The van der Waals surface area contributed by atoms with Gasteiger partial charge in [0.1, 0.15) is 0 Å². The van der Waals surface area contributed by atoms with Crippen LogP contribution in [0.1, 0.15) is 19.5 Å². The van der Waals surface area contributed by atoms with Crippen LogP contribution in [-0.4, -0.2) is 9.78 Å². The number of fused-ring (bicyclic) bond motifs is 1. The summed E-state index contributed by atoms with van der Waals surface area (Å²) in [5.74, 6) is 0.630. The zero-order chi connectivity index (χ0) is 11.0. The number of hydrogen-bond acceptors (Lipinski definition) is 2. The highest BCUT2D eigenvalue weighted by molar-refractivity contribution is 5.84. The van der Waals surface area contributed by atoms with Gasteiger partial charge in [-0.15, -0.1) is 0 Å². The first-order chi connectivity index (χ1) is 7.08. The number of aromatic nitrogens is 2. The summed E-state index contributed by atoms with van der Waals surface area (Å²) in [4.78, 5) is 0. The van der Waals surface area contributed by atoms with Gasteiger partial charge in [0.2, 0.25) is 0 Å². The van der Waals surface area contributed by atoms with Gasteiger partial charge in [-0.05, 0) is 30.5 Å². The van der Waals surface area contributed by atoms with Crippen molar-refractivity contribution in [2.24, 2.45) is 13.0 Å². The number of anilines is 1. The van der Waals surface area contributed by atoms with E-state index in [0.717, 1.165) is 17.6 Å². The molecule has 80 valence electrons. The number of aryl methyl sites for hydroxylation is 1. The van der Waals surface area contributed by atoms with E-state index in [1.807, 2.05) is 29.9 Å². The van der Waals surface area contributed by atoms with Crippen LogP contribution in [0.25, 0.3) is 10.9 Å². The minimum Gasteiger partial charge on any atom is -0.399 e. The molecule has 0 bridgehead atoms. The maximum Gasteiger partial charge on any atom is 0.0927 e. The van der Waals surface area contributed by atoms with Crippen molar-refractivity contribution in [3.05, 3.63) is 23.9 Å². The van der Waals surface area contributed by atoms with Crippen molar-refractivity contribution >= 4 is 16.6 Å². The fourth-order valence-corrected chi connectivity index (χ4v) is 1.90. The Morgan fingerprint density at radius 1 is 1.40 bits per heavy atom. The maximum atomic E-state index is 5.80. The number of benzene rings is 1. The molecule has 2 N–H and O–H groups in total. The molecule has 0 saturated carbocycles. The third-order valence-electron chi connectivity index (χ3n) is 2.58. The Balaban J connectivity index is 2.60. The summed E-state index contributed by atoms with van der Waals surface area (Å²) in [5, 5.41) is 5.65. The first kappa shape index (κ1) is 10.0. The standard InChI is InChI=1S/C12H17N3/c1-8(2)6-12-10-7-9(13)4-5-11(10)14-15(12)3/h4-5,7-8H,6,13H2,1-3H3. The van der Waals surface area contributed by atoms with Gasteiger partial charge in [0.15, 0.2) is 0 Å². The summed E-state index contributed by atoms with van der Waals surface area (Å²) in [6, 6.07) is 5.89. The monoisotopic (exact) mass is 203 g/mol. The first-order valence-corrected chi connectivity index (χ1v) is 5.29.